The standard InChI is InChI=1S/C9H7F3N2OS/c10-9(11,12)7-5(2-1-3-13-7)8-14-6(15)4-16-8/h1-3,8H,4H2,(H,14,15). The van der Waals surface area contributed by atoms with Gasteiger partial charge in [0.2, 0.25) is 5.91 Å². The van der Waals surface area contributed by atoms with Crippen LogP contribution in [0.2, 0.25) is 0 Å². The summed E-state index contributed by atoms with van der Waals surface area (Å²) in [6.07, 6.45) is -3.40. The molecule has 2 rings (SSSR count). The van der Waals surface area contributed by atoms with Crippen LogP contribution >= 0.6 is 11.8 Å². The smallest absolute Gasteiger partial charge is 0.339 e. The monoisotopic (exact) mass is 248 g/mol. The molecule has 1 amide bonds. The van der Waals surface area contributed by atoms with Gasteiger partial charge in [-0.1, -0.05) is 6.07 Å². The van der Waals surface area contributed by atoms with Crippen LogP contribution in [-0.4, -0.2) is 16.6 Å². The van der Waals surface area contributed by atoms with Gasteiger partial charge in [0.25, 0.3) is 0 Å². The van der Waals surface area contributed by atoms with Gasteiger partial charge in [-0.2, -0.15) is 13.2 Å². The summed E-state index contributed by atoms with van der Waals surface area (Å²) in [6, 6.07) is 2.76. The van der Waals surface area contributed by atoms with Crippen molar-refractivity contribution in [3.8, 4) is 0 Å². The van der Waals surface area contributed by atoms with Gasteiger partial charge < -0.3 is 5.32 Å². The van der Waals surface area contributed by atoms with Crippen molar-refractivity contribution in [3.05, 3.63) is 29.6 Å². The van der Waals surface area contributed by atoms with Gasteiger partial charge in [0.15, 0.2) is 5.69 Å². The Balaban J connectivity index is 2.37. The zero-order chi connectivity index (χ0) is 11.8. The van der Waals surface area contributed by atoms with Crippen molar-refractivity contribution in [2.75, 3.05) is 5.75 Å². The third kappa shape index (κ3) is 2.13. The minimum atomic E-state index is -4.50. The summed E-state index contributed by atoms with van der Waals surface area (Å²) in [5.74, 6) is -0.0800. The Bertz CT molecular complexity index is 421. The van der Waals surface area contributed by atoms with Gasteiger partial charge in [0, 0.05) is 11.8 Å². The predicted molar refractivity (Wildman–Crippen MR) is 52.6 cm³/mol. The van der Waals surface area contributed by atoms with E-state index in [2.05, 4.69) is 10.3 Å². The maximum Gasteiger partial charge on any atom is 0.433 e. The molecule has 1 aromatic heterocycles. The maximum atomic E-state index is 12.6. The molecule has 1 aromatic rings. The number of carbonyl (C=O) groups is 1. The summed E-state index contributed by atoms with van der Waals surface area (Å²) in [4.78, 5) is 14.3. The highest BCUT2D eigenvalue weighted by molar-refractivity contribution is 8.00. The number of nitrogens with zero attached hydrogens (tertiary/aromatic N) is 1. The number of hydrogen-bond acceptors (Lipinski definition) is 3. The van der Waals surface area contributed by atoms with E-state index in [1.54, 1.807) is 0 Å². The summed E-state index contributed by atoms with van der Waals surface area (Å²) in [5.41, 5.74) is -0.930. The number of carbonyl (C=O) groups excluding carboxylic acids is 1. The van der Waals surface area contributed by atoms with Crippen LogP contribution in [0.15, 0.2) is 18.3 Å². The normalized spacial score (nSPS) is 20.9. The Morgan fingerprint density at radius 3 is 2.81 bits per heavy atom. The lowest BCUT2D eigenvalue weighted by atomic mass is 10.2. The molecule has 3 nitrogen and oxygen atoms in total. The summed E-state index contributed by atoms with van der Waals surface area (Å²) >= 11 is 1.13. The number of hydrogen-bond donors (Lipinski definition) is 1. The number of halogens is 3. The van der Waals surface area contributed by atoms with Gasteiger partial charge in [0.05, 0.1) is 5.75 Å². The number of pyridine rings is 1. The van der Waals surface area contributed by atoms with Crippen LogP contribution < -0.4 is 5.32 Å². The zero-order valence-corrected chi connectivity index (χ0v) is 8.73. The molecule has 16 heavy (non-hydrogen) atoms. The first-order valence-electron chi connectivity index (χ1n) is 4.41. The molecular formula is C9H7F3N2OS. The first-order chi connectivity index (χ1) is 7.48. The molecule has 1 unspecified atom stereocenters. The molecule has 0 aromatic carbocycles. The van der Waals surface area contributed by atoms with Gasteiger partial charge in [-0.05, 0) is 6.07 Å². The lowest BCUT2D eigenvalue weighted by Gasteiger charge is -2.15. The van der Waals surface area contributed by atoms with Crippen LogP contribution in [0, 0.1) is 0 Å². The molecule has 0 bridgehead atoms. The van der Waals surface area contributed by atoms with E-state index in [1.165, 1.54) is 12.1 Å². The topological polar surface area (TPSA) is 42.0 Å². The molecule has 1 N–H and O–H groups in total. The molecule has 2 heterocycles. The summed E-state index contributed by atoms with van der Waals surface area (Å²) < 4.78 is 37.8. The van der Waals surface area contributed by atoms with E-state index in [0.29, 0.717) is 0 Å². The Morgan fingerprint density at radius 1 is 1.50 bits per heavy atom. The molecular weight excluding hydrogens is 241 g/mol. The second kappa shape index (κ2) is 3.97. The summed E-state index contributed by atoms with van der Waals surface area (Å²) in [7, 11) is 0. The Morgan fingerprint density at radius 2 is 2.25 bits per heavy atom. The number of alkyl halides is 3. The molecule has 86 valence electrons. The van der Waals surface area contributed by atoms with Crippen LogP contribution in [-0.2, 0) is 11.0 Å². The molecule has 0 aliphatic carbocycles. The van der Waals surface area contributed by atoms with Crippen LogP contribution in [0.3, 0.4) is 0 Å². The van der Waals surface area contributed by atoms with Crippen LogP contribution in [0.25, 0.3) is 0 Å². The number of rotatable bonds is 1. The average Bonchev–Trinajstić information content (AvgIpc) is 2.64. The summed E-state index contributed by atoms with van der Waals surface area (Å²) in [5, 5.41) is 1.81. The summed E-state index contributed by atoms with van der Waals surface area (Å²) in [6.45, 7) is 0. The lowest BCUT2D eigenvalue weighted by Crippen LogP contribution is -2.22. The maximum absolute atomic E-state index is 12.6. The highest BCUT2D eigenvalue weighted by Gasteiger charge is 2.38. The minimum Gasteiger partial charge on any atom is -0.339 e. The minimum absolute atomic E-state index is 0.00542. The van der Waals surface area contributed by atoms with E-state index in [1.807, 2.05) is 0 Å². The fraction of sp³-hybridized carbons (Fsp3) is 0.333. The van der Waals surface area contributed by atoms with Crippen LogP contribution in [0.4, 0.5) is 13.2 Å². The number of thioether (sulfide) groups is 1. The lowest BCUT2D eigenvalue weighted by molar-refractivity contribution is -0.142. The molecule has 0 spiro atoms. The molecule has 1 fully saturated rings. The van der Waals surface area contributed by atoms with Crippen molar-refractivity contribution in [1.29, 1.82) is 0 Å². The SMILES string of the molecule is O=C1CSC(c2cccnc2C(F)(F)F)N1. The molecule has 1 saturated heterocycles. The van der Waals surface area contributed by atoms with Crippen molar-refractivity contribution in [2.45, 2.75) is 11.6 Å². The molecule has 1 aliphatic heterocycles. The molecule has 0 radical (unpaired) electrons. The van der Waals surface area contributed by atoms with E-state index in [4.69, 9.17) is 0 Å². The fourth-order valence-electron chi connectivity index (χ4n) is 1.42. The van der Waals surface area contributed by atoms with E-state index in [-0.39, 0.29) is 17.2 Å². The third-order valence-electron chi connectivity index (χ3n) is 2.06. The quantitative estimate of drug-likeness (QED) is 0.826. The largest absolute Gasteiger partial charge is 0.433 e. The first kappa shape index (κ1) is 11.3. The highest BCUT2D eigenvalue weighted by Crippen LogP contribution is 2.38. The van der Waals surface area contributed by atoms with Gasteiger partial charge in [-0.3, -0.25) is 9.78 Å². The number of nitrogens with one attached hydrogen (secondary N) is 1. The average molecular weight is 248 g/mol. The van der Waals surface area contributed by atoms with Gasteiger partial charge >= 0.3 is 6.18 Å². The van der Waals surface area contributed by atoms with E-state index in [9.17, 15) is 18.0 Å². The van der Waals surface area contributed by atoms with Crippen molar-refractivity contribution in [1.82, 2.24) is 10.3 Å². The van der Waals surface area contributed by atoms with Crippen LogP contribution in [0.5, 0.6) is 0 Å². The predicted octanol–water partition coefficient (Wildman–Crippen LogP) is 1.96. The second-order valence-corrected chi connectivity index (χ2v) is 4.29. The van der Waals surface area contributed by atoms with Gasteiger partial charge in [-0.15, -0.1) is 11.8 Å². The Labute approximate surface area is 93.4 Å². The number of aromatic nitrogens is 1. The van der Waals surface area contributed by atoms with Crippen molar-refractivity contribution in [3.63, 3.8) is 0 Å². The van der Waals surface area contributed by atoms with E-state index < -0.39 is 17.2 Å². The Kier molecular flexibility index (Phi) is 2.79. The molecule has 0 saturated carbocycles. The van der Waals surface area contributed by atoms with Crippen molar-refractivity contribution >= 4 is 17.7 Å². The van der Waals surface area contributed by atoms with Gasteiger partial charge in [-0.25, -0.2) is 0 Å². The van der Waals surface area contributed by atoms with Gasteiger partial charge in [0.1, 0.15) is 5.37 Å². The molecule has 1 atom stereocenters. The zero-order valence-electron chi connectivity index (χ0n) is 7.91. The molecule has 7 heteroatoms. The molecule has 1 aliphatic rings. The second-order valence-electron chi connectivity index (χ2n) is 3.20. The van der Waals surface area contributed by atoms with E-state index >= 15 is 0 Å². The van der Waals surface area contributed by atoms with E-state index in [0.717, 1.165) is 18.0 Å². The van der Waals surface area contributed by atoms with Crippen molar-refractivity contribution in [2.24, 2.45) is 0 Å². The van der Waals surface area contributed by atoms with Crippen molar-refractivity contribution < 1.29 is 18.0 Å². The third-order valence-corrected chi connectivity index (χ3v) is 3.20. The number of amides is 1. The van der Waals surface area contributed by atoms with Crippen LogP contribution in [0.1, 0.15) is 16.6 Å². The highest BCUT2D eigenvalue weighted by atomic mass is 32.2. The fourth-order valence-corrected chi connectivity index (χ4v) is 2.41. The Hall–Kier alpha value is -1.24. The first-order valence-corrected chi connectivity index (χ1v) is 5.46.